The summed E-state index contributed by atoms with van der Waals surface area (Å²) in [6, 6.07) is 8.44. The van der Waals surface area contributed by atoms with E-state index in [4.69, 9.17) is 4.74 Å². The lowest BCUT2D eigenvalue weighted by Crippen LogP contribution is -2.58. The number of nitrogens with one attached hydrogen (secondary N) is 2. The minimum absolute atomic E-state index is 0.252. The number of methoxy groups -OCH3 is 1. The monoisotopic (exact) mass is 342 g/mol. The number of hydrogen-bond acceptors (Lipinski definition) is 3. The first-order valence-corrected chi connectivity index (χ1v) is 9.34. The molecule has 0 aromatic heterocycles. The molecule has 2 amide bonds. The Morgan fingerprint density at radius 1 is 1.00 bits per heavy atom. The fourth-order valence-corrected chi connectivity index (χ4v) is 5.53. The first-order valence-electron chi connectivity index (χ1n) is 9.34. The van der Waals surface area contributed by atoms with Crippen molar-refractivity contribution in [1.29, 1.82) is 0 Å². The van der Waals surface area contributed by atoms with Gasteiger partial charge in [0.1, 0.15) is 0 Å². The van der Waals surface area contributed by atoms with Crippen molar-refractivity contribution >= 4 is 12.0 Å². The maximum Gasteiger partial charge on any atom is 0.333 e. The number of benzene rings is 1. The Morgan fingerprint density at radius 3 is 2.16 bits per heavy atom. The molecule has 4 saturated carbocycles. The molecule has 4 fully saturated rings. The van der Waals surface area contributed by atoms with Crippen LogP contribution in [0.1, 0.15) is 43.7 Å². The Hall–Kier alpha value is -2.04. The normalized spacial score (nSPS) is 33.6. The van der Waals surface area contributed by atoms with Gasteiger partial charge in [-0.3, -0.25) is 0 Å². The third-order valence-corrected chi connectivity index (χ3v) is 6.37. The van der Waals surface area contributed by atoms with E-state index in [0.29, 0.717) is 11.8 Å². The van der Waals surface area contributed by atoms with E-state index in [1.165, 1.54) is 39.2 Å². The zero-order valence-corrected chi connectivity index (χ0v) is 14.6. The number of esters is 1. The van der Waals surface area contributed by atoms with E-state index in [2.05, 4.69) is 10.6 Å². The van der Waals surface area contributed by atoms with Gasteiger partial charge in [-0.15, -0.1) is 0 Å². The van der Waals surface area contributed by atoms with Crippen LogP contribution in [-0.4, -0.2) is 25.2 Å². The number of amides is 2. The van der Waals surface area contributed by atoms with E-state index >= 15 is 0 Å². The van der Waals surface area contributed by atoms with E-state index < -0.39 is 12.0 Å². The SMILES string of the molecule is COC(=O)C(NC(=O)NC1C2CC3CC(C2)CC1C3)c1ccccc1. The van der Waals surface area contributed by atoms with Crippen LogP contribution in [0.5, 0.6) is 0 Å². The van der Waals surface area contributed by atoms with Gasteiger partial charge in [0, 0.05) is 6.04 Å². The molecule has 2 N–H and O–H groups in total. The molecule has 5 heteroatoms. The van der Waals surface area contributed by atoms with Crippen LogP contribution in [0.25, 0.3) is 0 Å². The summed E-state index contributed by atoms with van der Waals surface area (Å²) in [4.78, 5) is 24.7. The summed E-state index contributed by atoms with van der Waals surface area (Å²) < 4.78 is 4.87. The van der Waals surface area contributed by atoms with Crippen molar-refractivity contribution in [2.75, 3.05) is 7.11 Å². The Kier molecular flexibility index (Phi) is 4.40. The molecule has 5 rings (SSSR count). The second-order valence-corrected chi connectivity index (χ2v) is 7.94. The first-order chi connectivity index (χ1) is 12.1. The fourth-order valence-electron chi connectivity index (χ4n) is 5.53. The highest BCUT2D eigenvalue weighted by Crippen LogP contribution is 2.53. The summed E-state index contributed by atoms with van der Waals surface area (Å²) in [5, 5.41) is 6.00. The van der Waals surface area contributed by atoms with Gasteiger partial charge in [0.25, 0.3) is 0 Å². The summed E-state index contributed by atoms with van der Waals surface area (Å²) in [5.41, 5.74) is 0.731. The largest absolute Gasteiger partial charge is 0.467 e. The van der Waals surface area contributed by atoms with Crippen molar-refractivity contribution in [3.05, 3.63) is 35.9 Å². The van der Waals surface area contributed by atoms with Crippen molar-refractivity contribution < 1.29 is 14.3 Å². The fraction of sp³-hybridized carbons (Fsp3) is 0.600. The molecule has 0 heterocycles. The van der Waals surface area contributed by atoms with E-state index in [1.807, 2.05) is 30.3 Å². The molecule has 4 aliphatic carbocycles. The van der Waals surface area contributed by atoms with Crippen molar-refractivity contribution in [1.82, 2.24) is 10.6 Å². The lowest BCUT2D eigenvalue weighted by atomic mass is 9.54. The molecule has 0 aliphatic heterocycles. The van der Waals surface area contributed by atoms with Crippen molar-refractivity contribution in [2.24, 2.45) is 23.7 Å². The average Bonchev–Trinajstić information content (AvgIpc) is 2.62. The quantitative estimate of drug-likeness (QED) is 0.827. The predicted octanol–water partition coefficient (Wildman–Crippen LogP) is 3.02. The minimum Gasteiger partial charge on any atom is -0.467 e. The number of carbonyl (C=O) groups is 2. The molecule has 134 valence electrons. The van der Waals surface area contributed by atoms with Gasteiger partial charge in [0.05, 0.1) is 7.11 Å². The van der Waals surface area contributed by atoms with E-state index in [9.17, 15) is 9.59 Å². The summed E-state index contributed by atoms with van der Waals surface area (Å²) in [7, 11) is 1.34. The third kappa shape index (κ3) is 3.24. The Balaban J connectivity index is 1.43. The number of ether oxygens (including phenoxy) is 1. The highest BCUT2D eigenvalue weighted by atomic mass is 16.5. The number of carbonyl (C=O) groups excluding carboxylic acids is 2. The standard InChI is InChI=1S/C20H26N2O3/c1-25-19(23)18(14-5-3-2-4-6-14)22-20(24)21-17-15-8-12-7-13(10-15)11-16(17)9-12/h2-6,12-13,15-18H,7-11H2,1H3,(H2,21,22,24). The Labute approximate surface area is 148 Å². The van der Waals surface area contributed by atoms with Gasteiger partial charge in [-0.25, -0.2) is 9.59 Å². The Morgan fingerprint density at radius 2 is 1.60 bits per heavy atom. The summed E-state index contributed by atoms with van der Waals surface area (Å²) in [6.45, 7) is 0. The highest BCUT2D eigenvalue weighted by Gasteiger charge is 2.48. The third-order valence-electron chi connectivity index (χ3n) is 6.37. The van der Waals surface area contributed by atoms with Crippen molar-refractivity contribution in [3.8, 4) is 0 Å². The molecule has 4 bridgehead atoms. The maximum atomic E-state index is 12.6. The van der Waals surface area contributed by atoms with Gasteiger partial charge >= 0.3 is 12.0 Å². The van der Waals surface area contributed by atoms with Gasteiger partial charge < -0.3 is 15.4 Å². The van der Waals surface area contributed by atoms with Gasteiger partial charge in [0.15, 0.2) is 6.04 Å². The van der Waals surface area contributed by atoms with Crippen molar-refractivity contribution in [2.45, 2.75) is 44.2 Å². The smallest absolute Gasteiger partial charge is 0.333 e. The molecule has 0 spiro atoms. The van der Waals surface area contributed by atoms with Crippen LogP contribution in [0.4, 0.5) is 4.79 Å². The molecule has 25 heavy (non-hydrogen) atoms. The van der Waals surface area contributed by atoms with E-state index in [1.54, 1.807) is 0 Å². The number of hydrogen-bond donors (Lipinski definition) is 2. The van der Waals surface area contributed by atoms with E-state index in [-0.39, 0.29) is 12.1 Å². The van der Waals surface area contributed by atoms with Gasteiger partial charge in [-0.1, -0.05) is 30.3 Å². The Bertz CT molecular complexity index is 618. The molecule has 1 unspecified atom stereocenters. The topological polar surface area (TPSA) is 67.4 Å². The number of urea groups is 1. The van der Waals surface area contributed by atoms with Crippen LogP contribution in [0.3, 0.4) is 0 Å². The van der Waals surface area contributed by atoms with Crippen LogP contribution in [-0.2, 0) is 9.53 Å². The maximum absolute atomic E-state index is 12.6. The van der Waals surface area contributed by atoms with Crippen LogP contribution in [0.2, 0.25) is 0 Å². The van der Waals surface area contributed by atoms with Gasteiger partial charge in [-0.05, 0) is 61.3 Å². The van der Waals surface area contributed by atoms with Crippen LogP contribution < -0.4 is 10.6 Å². The number of rotatable bonds is 4. The lowest BCUT2D eigenvalue weighted by Gasteiger charge is -2.54. The molecule has 5 nitrogen and oxygen atoms in total. The molecule has 1 atom stereocenters. The zero-order valence-electron chi connectivity index (χ0n) is 14.6. The van der Waals surface area contributed by atoms with Crippen LogP contribution >= 0.6 is 0 Å². The molecular weight excluding hydrogens is 316 g/mol. The molecule has 1 aromatic rings. The van der Waals surface area contributed by atoms with Crippen LogP contribution in [0.15, 0.2) is 30.3 Å². The van der Waals surface area contributed by atoms with Gasteiger partial charge in [0.2, 0.25) is 0 Å². The zero-order chi connectivity index (χ0) is 17.4. The summed E-state index contributed by atoms with van der Waals surface area (Å²) in [6.07, 6.45) is 6.38. The molecule has 4 aliphatic rings. The second-order valence-electron chi connectivity index (χ2n) is 7.94. The highest BCUT2D eigenvalue weighted by molar-refractivity contribution is 5.84. The molecule has 0 saturated heterocycles. The van der Waals surface area contributed by atoms with Gasteiger partial charge in [-0.2, -0.15) is 0 Å². The summed E-state index contributed by atoms with van der Waals surface area (Å²) in [5.74, 6) is 2.50. The lowest BCUT2D eigenvalue weighted by molar-refractivity contribution is -0.143. The molecule has 0 radical (unpaired) electrons. The van der Waals surface area contributed by atoms with Crippen molar-refractivity contribution in [3.63, 3.8) is 0 Å². The molecular formula is C20H26N2O3. The molecule has 1 aromatic carbocycles. The van der Waals surface area contributed by atoms with E-state index in [0.717, 1.165) is 17.4 Å². The predicted molar refractivity (Wildman–Crippen MR) is 93.7 cm³/mol. The first kappa shape index (κ1) is 16.4. The minimum atomic E-state index is -0.775. The van der Waals surface area contributed by atoms with Crippen LogP contribution in [0, 0.1) is 23.7 Å². The second kappa shape index (κ2) is 6.70. The average molecular weight is 342 g/mol. The summed E-state index contributed by atoms with van der Waals surface area (Å²) >= 11 is 0.